The van der Waals surface area contributed by atoms with E-state index in [-0.39, 0.29) is 12.0 Å². The molecule has 0 aliphatic heterocycles. The zero-order chi connectivity index (χ0) is 17.4. The van der Waals surface area contributed by atoms with Gasteiger partial charge in [-0.25, -0.2) is 0 Å². The fourth-order valence-electron chi connectivity index (χ4n) is 2.69. The first-order valence-corrected chi connectivity index (χ1v) is 8.83. The highest BCUT2D eigenvalue weighted by Crippen LogP contribution is 2.33. The van der Waals surface area contributed by atoms with E-state index in [1.54, 1.807) is 6.07 Å². The molecule has 0 aliphatic carbocycles. The molecule has 0 saturated carbocycles. The van der Waals surface area contributed by atoms with Crippen LogP contribution in [0.2, 0.25) is 10.0 Å². The molecule has 129 valence electrons. The van der Waals surface area contributed by atoms with Crippen LogP contribution in [0, 0.1) is 6.42 Å². The highest BCUT2D eigenvalue weighted by molar-refractivity contribution is 6.35. The Morgan fingerprint density at radius 3 is 2.54 bits per heavy atom. The monoisotopic (exact) mass is 365 g/mol. The number of aliphatic hydroxyl groups excluding tert-OH is 1. The van der Waals surface area contributed by atoms with Gasteiger partial charge in [-0.15, -0.1) is 0 Å². The molecular formula is C20H23Cl2O2. The van der Waals surface area contributed by atoms with Crippen LogP contribution in [0.5, 0.6) is 0 Å². The molecule has 4 heteroatoms. The van der Waals surface area contributed by atoms with Crippen LogP contribution >= 0.6 is 23.2 Å². The minimum absolute atomic E-state index is 0.0380. The summed E-state index contributed by atoms with van der Waals surface area (Å²) in [7, 11) is 0. The van der Waals surface area contributed by atoms with Gasteiger partial charge >= 0.3 is 0 Å². The average Bonchev–Trinajstić information content (AvgIpc) is 2.59. The van der Waals surface area contributed by atoms with Crippen molar-refractivity contribution in [1.29, 1.82) is 0 Å². The van der Waals surface area contributed by atoms with E-state index in [2.05, 4.69) is 25.5 Å². The Morgan fingerprint density at radius 1 is 1.12 bits per heavy atom. The molecule has 2 aromatic rings. The van der Waals surface area contributed by atoms with E-state index in [1.165, 1.54) is 5.56 Å². The van der Waals surface area contributed by atoms with Crippen molar-refractivity contribution in [3.63, 3.8) is 0 Å². The van der Waals surface area contributed by atoms with Gasteiger partial charge in [-0.1, -0.05) is 66.5 Å². The van der Waals surface area contributed by atoms with Crippen LogP contribution in [0.1, 0.15) is 24.5 Å². The molecule has 24 heavy (non-hydrogen) atoms. The van der Waals surface area contributed by atoms with Crippen molar-refractivity contribution < 1.29 is 9.84 Å². The maximum atomic E-state index is 8.85. The first-order chi connectivity index (χ1) is 11.5. The number of halogens is 2. The second-order valence-corrected chi connectivity index (χ2v) is 6.87. The smallest absolute Gasteiger partial charge is 0.0697 e. The van der Waals surface area contributed by atoms with Crippen molar-refractivity contribution in [3.8, 4) is 0 Å². The van der Waals surface area contributed by atoms with Crippen molar-refractivity contribution in [2.45, 2.75) is 25.2 Å². The number of aliphatic hydroxyl groups is 1. The molecule has 1 atom stereocenters. The van der Waals surface area contributed by atoms with E-state index in [4.69, 9.17) is 33.0 Å². The molecule has 0 amide bonds. The molecule has 0 fully saturated rings. The molecule has 2 aromatic carbocycles. The molecular weight excluding hydrogens is 343 g/mol. The quantitative estimate of drug-likeness (QED) is 0.626. The Kier molecular flexibility index (Phi) is 7.57. The summed E-state index contributed by atoms with van der Waals surface area (Å²) in [5.41, 5.74) is 2.19. The van der Waals surface area contributed by atoms with Gasteiger partial charge in [0.05, 0.1) is 19.8 Å². The van der Waals surface area contributed by atoms with Gasteiger partial charge in [-0.05, 0) is 47.9 Å². The van der Waals surface area contributed by atoms with Crippen LogP contribution in [0.3, 0.4) is 0 Å². The van der Waals surface area contributed by atoms with E-state index in [1.807, 2.05) is 30.3 Å². The molecule has 1 unspecified atom stereocenters. The van der Waals surface area contributed by atoms with Crippen LogP contribution in [-0.2, 0) is 16.6 Å². The summed E-state index contributed by atoms with van der Waals surface area (Å²) in [5, 5.41) is 10.2. The fraction of sp³-hybridized carbons (Fsp3) is 0.350. The van der Waals surface area contributed by atoms with E-state index < -0.39 is 0 Å². The van der Waals surface area contributed by atoms with Gasteiger partial charge in [0.15, 0.2) is 0 Å². The predicted molar refractivity (Wildman–Crippen MR) is 101 cm³/mol. The fourth-order valence-corrected chi connectivity index (χ4v) is 3.20. The summed E-state index contributed by atoms with van der Waals surface area (Å²) in [6, 6.07) is 16.0. The minimum Gasteiger partial charge on any atom is -0.394 e. The number of benzene rings is 2. The molecule has 2 rings (SSSR count). The van der Waals surface area contributed by atoms with Crippen LogP contribution in [0.15, 0.2) is 48.5 Å². The van der Waals surface area contributed by atoms with Gasteiger partial charge in [-0.2, -0.15) is 0 Å². The molecule has 0 aliphatic rings. The predicted octanol–water partition coefficient (Wildman–Crippen LogP) is 5.10. The number of ether oxygens (including phenoxy) is 1. The molecule has 0 saturated heterocycles. The third-order valence-corrected chi connectivity index (χ3v) is 4.84. The summed E-state index contributed by atoms with van der Waals surface area (Å²) < 4.78 is 5.44. The van der Waals surface area contributed by atoms with Crippen molar-refractivity contribution in [2.75, 3.05) is 19.8 Å². The van der Waals surface area contributed by atoms with E-state index in [9.17, 15) is 0 Å². The number of aryl methyl sites for hydroxylation is 1. The van der Waals surface area contributed by atoms with E-state index in [0.717, 1.165) is 18.4 Å². The van der Waals surface area contributed by atoms with Crippen LogP contribution < -0.4 is 0 Å². The van der Waals surface area contributed by atoms with Gasteiger partial charge in [0.25, 0.3) is 0 Å². The zero-order valence-electron chi connectivity index (χ0n) is 13.8. The summed E-state index contributed by atoms with van der Waals surface area (Å²) in [5.74, 6) is 0. The van der Waals surface area contributed by atoms with E-state index in [0.29, 0.717) is 23.3 Å². The molecule has 1 N–H and O–H groups in total. The molecule has 0 heterocycles. The van der Waals surface area contributed by atoms with E-state index >= 15 is 0 Å². The highest BCUT2D eigenvalue weighted by Gasteiger charge is 2.26. The largest absolute Gasteiger partial charge is 0.394 e. The molecule has 0 spiro atoms. The molecule has 0 bridgehead atoms. The third kappa shape index (κ3) is 5.49. The molecule has 2 nitrogen and oxygen atoms in total. The average molecular weight is 366 g/mol. The zero-order valence-corrected chi connectivity index (χ0v) is 15.4. The van der Waals surface area contributed by atoms with Gasteiger partial charge in [0.1, 0.15) is 0 Å². The first kappa shape index (κ1) is 19.3. The summed E-state index contributed by atoms with van der Waals surface area (Å²) in [6.45, 7) is 3.09. The van der Waals surface area contributed by atoms with Crippen molar-refractivity contribution >= 4 is 23.2 Å². The van der Waals surface area contributed by atoms with Crippen LogP contribution in [0.25, 0.3) is 0 Å². The third-order valence-electron chi connectivity index (χ3n) is 4.25. The van der Waals surface area contributed by atoms with Gasteiger partial charge in [-0.3, -0.25) is 0 Å². The van der Waals surface area contributed by atoms with Crippen molar-refractivity contribution in [2.24, 2.45) is 0 Å². The number of rotatable bonds is 9. The van der Waals surface area contributed by atoms with Gasteiger partial charge in [0.2, 0.25) is 0 Å². The maximum Gasteiger partial charge on any atom is 0.0697 e. The Bertz CT molecular complexity index is 631. The summed E-state index contributed by atoms with van der Waals surface area (Å²) in [4.78, 5) is 0. The first-order valence-electron chi connectivity index (χ1n) is 8.07. The Balaban J connectivity index is 2.10. The topological polar surface area (TPSA) is 29.5 Å². The van der Waals surface area contributed by atoms with Crippen molar-refractivity contribution in [3.05, 3.63) is 76.1 Å². The highest BCUT2D eigenvalue weighted by atomic mass is 35.5. The summed E-state index contributed by atoms with van der Waals surface area (Å²) in [6.07, 6.45) is 3.92. The molecule has 1 radical (unpaired) electrons. The lowest BCUT2D eigenvalue weighted by Gasteiger charge is -2.30. The number of hydrogen-bond donors (Lipinski definition) is 1. The van der Waals surface area contributed by atoms with Gasteiger partial charge in [0, 0.05) is 10.0 Å². The van der Waals surface area contributed by atoms with Gasteiger partial charge < -0.3 is 9.84 Å². The second-order valence-electron chi connectivity index (χ2n) is 6.02. The van der Waals surface area contributed by atoms with Crippen LogP contribution in [-0.4, -0.2) is 24.9 Å². The Morgan fingerprint density at radius 2 is 1.88 bits per heavy atom. The second kappa shape index (κ2) is 9.43. The normalized spacial score (nSPS) is 13.7. The Hall–Kier alpha value is -1.06. The lowest BCUT2D eigenvalue weighted by Crippen LogP contribution is -2.26. The Labute approximate surface area is 154 Å². The lowest BCUT2D eigenvalue weighted by atomic mass is 9.75. The lowest BCUT2D eigenvalue weighted by molar-refractivity contribution is 0.1000. The number of hydrogen-bond acceptors (Lipinski definition) is 2. The SMILES string of the molecule is CC([CH]COCCO)(CCc1ccc(Cl)cc1Cl)c1ccccc1. The minimum atomic E-state index is -0.139. The summed E-state index contributed by atoms with van der Waals surface area (Å²) >= 11 is 12.3. The standard InChI is InChI=1S/C20H23Cl2O2/c1-20(11-13-24-14-12-23,17-5-3-2-4-6-17)10-9-16-7-8-18(21)15-19(16)22/h2-8,11,15,23H,9-10,12-14H2,1H3. The molecule has 0 aromatic heterocycles. The van der Waals surface area contributed by atoms with Crippen LogP contribution in [0.4, 0.5) is 0 Å². The van der Waals surface area contributed by atoms with Crippen molar-refractivity contribution in [1.82, 2.24) is 0 Å². The maximum absolute atomic E-state index is 8.85.